The van der Waals surface area contributed by atoms with Crippen molar-refractivity contribution in [1.29, 1.82) is 0 Å². The van der Waals surface area contributed by atoms with Crippen LogP contribution in [0.5, 0.6) is 0 Å². The third-order valence-corrected chi connectivity index (χ3v) is 4.09. The van der Waals surface area contributed by atoms with E-state index in [-0.39, 0.29) is 24.8 Å². The molecule has 3 amide bonds. The minimum Gasteiger partial charge on any atom is -0.481 e. The Morgan fingerprint density at radius 3 is 2.35 bits per heavy atom. The highest BCUT2D eigenvalue weighted by molar-refractivity contribution is 5.94. The fraction of sp³-hybridized carbons (Fsp3) is 0.786. The van der Waals surface area contributed by atoms with E-state index < -0.39 is 17.9 Å². The summed E-state index contributed by atoms with van der Waals surface area (Å²) in [7, 11) is 0. The Hall–Kier alpha value is -1.59. The molecule has 0 bridgehead atoms. The van der Waals surface area contributed by atoms with E-state index in [1.54, 1.807) is 6.92 Å². The first-order chi connectivity index (χ1) is 9.29. The van der Waals surface area contributed by atoms with Crippen LogP contribution in [0.25, 0.3) is 0 Å². The van der Waals surface area contributed by atoms with E-state index in [9.17, 15) is 14.4 Å². The highest BCUT2D eigenvalue weighted by atomic mass is 16.4. The number of rotatable bonds is 5. The zero-order chi connectivity index (χ0) is 15.3. The minimum atomic E-state index is -0.941. The van der Waals surface area contributed by atoms with Gasteiger partial charge in [0.1, 0.15) is 0 Å². The predicted octanol–water partition coefficient (Wildman–Crippen LogP) is 1.75. The average Bonchev–Trinajstić information content (AvgIpc) is 2.59. The van der Waals surface area contributed by atoms with Gasteiger partial charge in [0, 0.05) is 18.9 Å². The van der Waals surface area contributed by atoms with Crippen molar-refractivity contribution in [3.05, 3.63) is 0 Å². The van der Waals surface area contributed by atoms with E-state index in [4.69, 9.17) is 5.11 Å². The molecule has 6 heteroatoms. The largest absolute Gasteiger partial charge is 0.481 e. The third-order valence-electron chi connectivity index (χ3n) is 4.09. The van der Waals surface area contributed by atoms with Gasteiger partial charge < -0.3 is 10.4 Å². The Kier molecular flexibility index (Phi) is 5.98. The van der Waals surface area contributed by atoms with Gasteiger partial charge in [0.15, 0.2) is 0 Å². The second-order valence-electron chi connectivity index (χ2n) is 5.95. The fourth-order valence-corrected chi connectivity index (χ4v) is 2.64. The summed E-state index contributed by atoms with van der Waals surface area (Å²) in [5.74, 6) is -0.683. The summed E-state index contributed by atoms with van der Waals surface area (Å²) in [4.78, 5) is 33.8. The highest BCUT2D eigenvalue weighted by Crippen LogP contribution is 2.30. The van der Waals surface area contributed by atoms with E-state index in [2.05, 4.69) is 24.5 Å². The van der Waals surface area contributed by atoms with Crippen LogP contribution in [-0.4, -0.2) is 29.1 Å². The van der Waals surface area contributed by atoms with Gasteiger partial charge in [0.25, 0.3) is 0 Å². The first kappa shape index (κ1) is 16.5. The molecular formula is C14H24N2O4. The molecule has 1 aliphatic rings. The molecule has 1 saturated carbocycles. The summed E-state index contributed by atoms with van der Waals surface area (Å²) in [5, 5.41) is 13.7. The van der Waals surface area contributed by atoms with Gasteiger partial charge in [-0.25, -0.2) is 4.79 Å². The molecule has 1 rings (SSSR count). The molecule has 0 aliphatic heterocycles. The van der Waals surface area contributed by atoms with E-state index in [0.717, 1.165) is 12.8 Å². The molecule has 0 saturated heterocycles. The third kappa shape index (κ3) is 5.19. The Morgan fingerprint density at radius 2 is 1.85 bits per heavy atom. The molecule has 0 aromatic heterocycles. The van der Waals surface area contributed by atoms with Crippen LogP contribution in [0.4, 0.5) is 4.79 Å². The summed E-state index contributed by atoms with van der Waals surface area (Å²) in [6.45, 7) is 5.93. The van der Waals surface area contributed by atoms with Gasteiger partial charge >= 0.3 is 12.0 Å². The maximum absolute atomic E-state index is 11.7. The van der Waals surface area contributed by atoms with Gasteiger partial charge in [-0.05, 0) is 30.6 Å². The van der Waals surface area contributed by atoms with Crippen molar-refractivity contribution >= 4 is 17.9 Å². The maximum Gasteiger partial charge on any atom is 0.321 e. The van der Waals surface area contributed by atoms with Gasteiger partial charge in [0.05, 0.1) is 0 Å². The van der Waals surface area contributed by atoms with Gasteiger partial charge in [-0.15, -0.1) is 0 Å². The highest BCUT2D eigenvalue weighted by Gasteiger charge is 2.31. The number of nitrogens with one attached hydrogen (secondary N) is 2. The van der Waals surface area contributed by atoms with E-state index in [1.807, 2.05) is 0 Å². The second-order valence-corrected chi connectivity index (χ2v) is 5.95. The molecule has 4 atom stereocenters. The number of urea groups is 1. The van der Waals surface area contributed by atoms with Crippen molar-refractivity contribution in [1.82, 2.24) is 10.6 Å². The predicted molar refractivity (Wildman–Crippen MR) is 74.1 cm³/mol. The minimum absolute atomic E-state index is 0.0380. The van der Waals surface area contributed by atoms with Crippen molar-refractivity contribution in [3.8, 4) is 0 Å². The lowest BCUT2D eigenvalue weighted by atomic mass is 9.98. The molecule has 4 unspecified atom stereocenters. The van der Waals surface area contributed by atoms with Crippen LogP contribution in [0, 0.1) is 17.8 Å². The molecule has 0 spiro atoms. The number of carboxylic acids is 1. The van der Waals surface area contributed by atoms with Crippen LogP contribution in [-0.2, 0) is 9.59 Å². The zero-order valence-electron chi connectivity index (χ0n) is 12.3. The first-order valence-electron chi connectivity index (χ1n) is 7.11. The van der Waals surface area contributed by atoms with Crippen LogP contribution in [0.15, 0.2) is 0 Å². The molecule has 0 heterocycles. The normalized spacial score (nSPS) is 26.9. The molecule has 0 aromatic carbocycles. The van der Waals surface area contributed by atoms with Crippen LogP contribution >= 0.6 is 0 Å². The lowest BCUT2D eigenvalue weighted by molar-refractivity contribution is -0.138. The Labute approximate surface area is 119 Å². The van der Waals surface area contributed by atoms with E-state index in [0.29, 0.717) is 11.8 Å². The molecule has 3 N–H and O–H groups in total. The number of aliphatic carboxylic acids is 1. The quantitative estimate of drug-likeness (QED) is 0.716. The summed E-state index contributed by atoms with van der Waals surface area (Å²) >= 11 is 0. The maximum atomic E-state index is 11.7. The SMILES string of the molecule is CC(CC(=O)O)CC(=O)NC(=O)NC1CCC(C)C1C. The summed E-state index contributed by atoms with van der Waals surface area (Å²) in [5.41, 5.74) is 0. The molecular weight excluding hydrogens is 260 g/mol. The van der Waals surface area contributed by atoms with Crippen LogP contribution in [0.1, 0.15) is 46.5 Å². The Balaban J connectivity index is 2.31. The number of carboxylic acid groups (broad SMARTS) is 1. The number of carbonyl (C=O) groups excluding carboxylic acids is 2. The number of hydrogen-bond donors (Lipinski definition) is 3. The first-order valence-corrected chi connectivity index (χ1v) is 7.11. The van der Waals surface area contributed by atoms with Gasteiger partial charge in [-0.2, -0.15) is 0 Å². The van der Waals surface area contributed by atoms with Crippen molar-refractivity contribution in [2.45, 2.75) is 52.5 Å². The monoisotopic (exact) mass is 284 g/mol. The summed E-state index contributed by atoms with van der Waals surface area (Å²) in [6.07, 6.45) is 1.97. The van der Waals surface area contributed by atoms with Gasteiger partial charge in [-0.1, -0.05) is 20.8 Å². The fourth-order valence-electron chi connectivity index (χ4n) is 2.64. The molecule has 114 valence electrons. The summed E-state index contributed by atoms with van der Waals surface area (Å²) < 4.78 is 0. The summed E-state index contributed by atoms with van der Waals surface area (Å²) in [6, 6.07) is -0.377. The van der Waals surface area contributed by atoms with Crippen molar-refractivity contribution in [2.75, 3.05) is 0 Å². The Bertz CT molecular complexity index is 383. The average molecular weight is 284 g/mol. The van der Waals surface area contributed by atoms with Crippen LogP contribution in [0.2, 0.25) is 0 Å². The van der Waals surface area contributed by atoms with Crippen LogP contribution in [0.3, 0.4) is 0 Å². The number of carbonyl (C=O) groups is 3. The molecule has 1 fully saturated rings. The van der Waals surface area contributed by atoms with Gasteiger partial charge in [0.2, 0.25) is 5.91 Å². The topological polar surface area (TPSA) is 95.5 Å². The molecule has 20 heavy (non-hydrogen) atoms. The van der Waals surface area contributed by atoms with Crippen LogP contribution < -0.4 is 10.6 Å². The van der Waals surface area contributed by atoms with Crippen molar-refractivity contribution in [3.63, 3.8) is 0 Å². The molecule has 6 nitrogen and oxygen atoms in total. The van der Waals surface area contributed by atoms with Gasteiger partial charge in [-0.3, -0.25) is 14.9 Å². The number of amides is 3. The standard InChI is InChI=1S/C14H24N2O4/c1-8(7-13(18)19)6-12(17)16-14(20)15-11-5-4-9(2)10(11)3/h8-11H,4-7H2,1-3H3,(H,18,19)(H2,15,16,17,20). The van der Waals surface area contributed by atoms with Crippen molar-refractivity contribution < 1.29 is 19.5 Å². The lowest BCUT2D eigenvalue weighted by Crippen LogP contribution is -2.46. The smallest absolute Gasteiger partial charge is 0.321 e. The Morgan fingerprint density at radius 1 is 1.20 bits per heavy atom. The second kappa shape index (κ2) is 7.26. The van der Waals surface area contributed by atoms with E-state index in [1.165, 1.54) is 0 Å². The molecule has 1 aliphatic carbocycles. The lowest BCUT2D eigenvalue weighted by Gasteiger charge is -2.19. The molecule has 0 radical (unpaired) electrons. The van der Waals surface area contributed by atoms with Crippen molar-refractivity contribution in [2.24, 2.45) is 17.8 Å². The molecule has 0 aromatic rings. The number of hydrogen-bond acceptors (Lipinski definition) is 3. The number of imide groups is 1. The zero-order valence-corrected chi connectivity index (χ0v) is 12.3. The van der Waals surface area contributed by atoms with E-state index >= 15 is 0 Å².